The normalized spacial score (nSPS) is 22.1. The molecule has 5 heteroatoms. The van der Waals surface area contributed by atoms with Crippen LogP contribution in [-0.2, 0) is 6.54 Å². The minimum absolute atomic E-state index is 0.133. The predicted molar refractivity (Wildman–Crippen MR) is 79.8 cm³/mol. The van der Waals surface area contributed by atoms with Crippen molar-refractivity contribution in [2.75, 3.05) is 5.75 Å². The Labute approximate surface area is 123 Å². The van der Waals surface area contributed by atoms with E-state index in [0.29, 0.717) is 23.4 Å². The molecule has 2 atom stereocenters. The molecule has 1 fully saturated rings. The van der Waals surface area contributed by atoms with Gasteiger partial charge in [-0.1, -0.05) is 13.3 Å². The van der Waals surface area contributed by atoms with E-state index < -0.39 is 5.97 Å². The molecule has 1 saturated carbocycles. The van der Waals surface area contributed by atoms with Crippen LogP contribution in [0.1, 0.15) is 42.1 Å². The summed E-state index contributed by atoms with van der Waals surface area (Å²) in [6.07, 6.45) is 3.51. The van der Waals surface area contributed by atoms with Gasteiger partial charge < -0.3 is 10.4 Å². The van der Waals surface area contributed by atoms with E-state index in [0.717, 1.165) is 12.2 Å². The number of halogens is 1. The van der Waals surface area contributed by atoms with Crippen molar-refractivity contribution in [3.8, 4) is 0 Å². The summed E-state index contributed by atoms with van der Waals surface area (Å²) in [6, 6.07) is 4.34. The second-order valence-electron chi connectivity index (χ2n) is 5.02. The molecule has 1 aromatic rings. The minimum Gasteiger partial charge on any atom is -0.478 e. The van der Waals surface area contributed by atoms with Crippen LogP contribution in [0.4, 0.5) is 4.39 Å². The van der Waals surface area contributed by atoms with Gasteiger partial charge >= 0.3 is 5.97 Å². The van der Waals surface area contributed by atoms with Crippen LogP contribution in [-0.4, -0.2) is 28.1 Å². The van der Waals surface area contributed by atoms with E-state index in [4.69, 9.17) is 5.11 Å². The fourth-order valence-corrected chi connectivity index (χ4v) is 3.88. The van der Waals surface area contributed by atoms with E-state index in [1.54, 1.807) is 0 Å². The van der Waals surface area contributed by atoms with Crippen molar-refractivity contribution < 1.29 is 14.3 Å². The zero-order chi connectivity index (χ0) is 14.5. The number of carbonyl (C=O) groups is 1. The summed E-state index contributed by atoms with van der Waals surface area (Å²) in [7, 11) is 0. The first-order valence-corrected chi connectivity index (χ1v) is 8.03. The van der Waals surface area contributed by atoms with Gasteiger partial charge in [0.25, 0.3) is 0 Å². The second-order valence-corrected chi connectivity index (χ2v) is 6.54. The zero-order valence-electron chi connectivity index (χ0n) is 11.6. The molecule has 0 aliphatic heterocycles. The molecular formula is C15H20FNO2S. The Morgan fingerprint density at radius 1 is 1.50 bits per heavy atom. The number of carboxylic acid groups (broad SMARTS) is 1. The number of hydrogen-bond donors (Lipinski definition) is 2. The van der Waals surface area contributed by atoms with Gasteiger partial charge in [-0.05, 0) is 36.8 Å². The molecule has 1 aromatic carbocycles. The largest absolute Gasteiger partial charge is 0.478 e. The Hall–Kier alpha value is -1.07. The SMILES string of the molecule is CCSC1CCCC1NCc1cc(C(=O)O)ccc1F. The molecule has 110 valence electrons. The maximum Gasteiger partial charge on any atom is 0.335 e. The number of carboxylic acids is 1. The van der Waals surface area contributed by atoms with E-state index in [-0.39, 0.29) is 11.4 Å². The van der Waals surface area contributed by atoms with Gasteiger partial charge in [-0.25, -0.2) is 9.18 Å². The number of nitrogens with one attached hydrogen (secondary N) is 1. The topological polar surface area (TPSA) is 49.3 Å². The van der Waals surface area contributed by atoms with Crippen molar-refractivity contribution in [2.45, 2.75) is 44.0 Å². The molecule has 0 saturated heterocycles. The lowest BCUT2D eigenvalue weighted by molar-refractivity contribution is 0.0696. The molecular weight excluding hydrogens is 277 g/mol. The van der Waals surface area contributed by atoms with Gasteiger partial charge in [0.2, 0.25) is 0 Å². The van der Waals surface area contributed by atoms with Crippen molar-refractivity contribution >= 4 is 17.7 Å². The van der Waals surface area contributed by atoms with Gasteiger partial charge in [-0.15, -0.1) is 0 Å². The number of rotatable bonds is 6. The van der Waals surface area contributed by atoms with Crippen molar-refractivity contribution in [3.05, 3.63) is 35.1 Å². The quantitative estimate of drug-likeness (QED) is 0.846. The molecule has 3 nitrogen and oxygen atoms in total. The summed E-state index contributed by atoms with van der Waals surface area (Å²) in [6.45, 7) is 2.54. The van der Waals surface area contributed by atoms with Gasteiger partial charge in [0.05, 0.1) is 5.56 Å². The van der Waals surface area contributed by atoms with Gasteiger partial charge in [-0.2, -0.15) is 11.8 Å². The van der Waals surface area contributed by atoms with Crippen LogP contribution in [0.25, 0.3) is 0 Å². The number of hydrogen-bond acceptors (Lipinski definition) is 3. The van der Waals surface area contributed by atoms with E-state index in [1.165, 1.54) is 31.0 Å². The second kappa shape index (κ2) is 7.09. The molecule has 2 rings (SSSR count). The van der Waals surface area contributed by atoms with E-state index in [1.807, 2.05) is 11.8 Å². The standard InChI is InChI=1S/C15H20FNO2S/c1-2-20-14-5-3-4-13(14)17-9-11-8-10(15(18)19)6-7-12(11)16/h6-8,13-14,17H,2-5,9H2,1H3,(H,18,19). The molecule has 0 heterocycles. The zero-order valence-corrected chi connectivity index (χ0v) is 12.4. The van der Waals surface area contributed by atoms with Crippen LogP contribution in [0.2, 0.25) is 0 Å². The highest BCUT2D eigenvalue weighted by atomic mass is 32.2. The van der Waals surface area contributed by atoms with Gasteiger partial charge in [0.15, 0.2) is 0 Å². The van der Waals surface area contributed by atoms with Crippen molar-refractivity contribution in [3.63, 3.8) is 0 Å². The molecule has 2 N–H and O–H groups in total. The number of aromatic carboxylic acids is 1. The third-order valence-electron chi connectivity index (χ3n) is 3.68. The van der Waals surface area contributed by atoms with Crippen LogP contribution >= 0.6 is 11.8 Å². The number of benzene rings is 1. The Bertz CT molecular complexity index is 481. The van der Waals surface area contributed by atoms with E-state index in [9.17, 15) is 9.18 Å². The third kappa shape index (κ3) is 3.73. The Morgan fingerprint density at radius 2 is 2.30 bits per heavy atom. The lowest BCUT2D eigenvalue weighted by atomic mass is 10.1. The summed E-state index contributed by atoms with van der Waals surface area (Å²) < 4.78 is 13.7. The van der Waals surface area contributed by atoms with E-state index >= 15 is 0 Å². The molecule has 20 heavy (non-hydrogen) atoms. The molecule has 0 aromatic heterocycles. The lowest BCUT2D eigenvalue weighted by Crippen LogP contribution is -2.34. The Kier molecular flexibility index (Phi) is 5.43. The molecule has 0 amide bonds. The van der Waals surface area contributed by atoms with Crippen LogP contribution in [0.5, 0.6) is 0 Å². The average Bonchev–Trinajstić information content (AvgIpc) is 2.85. The summed E-state index contributed by atoms with van der Waals surface area (Å²) in [5.41, 5.74) is 0.561. The summed E-state index contributed by atoms with van der Waals surface area (Å²) in [5, 5.41) is 12.9. The van der Waals surface area contributed by atoms with Crippen molar-refractivity contribution in [1.29, 1.82) is 0 Å². The molecule has 0 spiro atoms. The Balaban J connectivity index is 1.99. The first-order valence-electron chi connectivity index (χ1n) is 6.98. The highest BCUT2D eigenvalue weighted by Gasteiger charge is 2.26. The maximum absolute atomic E-state index is 13.7. The smallest absolute Gasteiger partial charge is 0.335 e. The highest BCUT2D eigenvalue weighted by molar-refractivity contribution is 7.99. The molecule has 2 unspecified atom stereocenters. The van der Waals surface area contributed by atoms with Gasteiger partial charge in [0.1, 0.15) is 5.82 Å². The van der Waals surface area contributed by atoms with Crippen molar-refractivity contribution in [1.82, 2.24) is 5.32 Å². The fourth-order valence-electron chi connectivity index (χ4n) is 2.66. The molecule has 0 bridgehead atoms. The Morgan fingerprint density at radius 3 is 3.00 bits per heavy atom. The average molecular weight is 297 g/mol. The van der Waals surface area contributed by atoms with Crippen LogP contribution in [0.3, 0.4) is 0 Å². The number of thioether (sulfide) groups is 1. The first-order chi connectivity index (χ1) is 9.61. The van der Waals surface area contributed by atoms with Crippen LogP contribution < -0.4 is 5.32 Å². The van der Waals surface area contributed by atoms with Gasteiger partial charge in [0, 0.05) is 23.4 Å². The summed E-state index contributed by atoms with van der Waals surface area (Å²) in [5.74, 6) is -0.280. The first kappa shape index (κ1) is 15.3. The summed E-state index contributed by atoms with van der Waals surface area (Å²) >= 11 is 1.94. The molecule has 0 radical (unpaired) electrons. The molecule has 1 aliphatic carbocycles. The highest BCUT2D eigenvalue weighted by Crippen LogP contribution is 2.30. The van der Waals surface area contributed by atoms with Crippen LogP contribution in [0, 0.1) is 5.82 Å². The molecule has 1 aliphatic rings. The predicted octanol–water partition coefficient (Wildman–Crippen LogP) is 3.29. The maximum atomic E-state index is 13.7. The van der Waals surface area contributed by atoms with E-state index in [2.05, 4.69) is 12.2 Å². The fraction of sp³-hybridized carbons (Fsp3) is 0.533. The van der Waals surface area contributed by atoms with Gasteiger partial charge in [-0.3, -0.25) is 0 Å². The lowest BCUT2D eigenvalue weighted by Gasteiger charge is -2.20. The monoisotopic (exact) mass is 297 g/mol. The summed E-state index contributed by atoms with van der Waals surface area (Å²) in [4.78, 5) is 10.9. The van der Waals surface area contributed by atoms with Crippen molar-refractivity contribution in [2.24, 2.45) is 0 Å². The minimum atomic E-state index is -1.02. The van der Waals surface area contributed by atoms with Crippen LogP contribution in [0.15, 0.2) is 18.2 Å². The third-order valence-corrected chi connectivity index (χ3v) is 5.01.